The quantitative estimate of drug-likeness (QED) is 0.0339. The van der Waals surface area contributed by atoms with Gasteiger partial charge in [-0.2, -0.15) is 0 Å². The SMILES string of the molecule is CC(NC(=O)C(CN(CC(=O)O)CC(=O)O)N(CC(=O)O)CC(=O)O)C(=O)NC(CCCCNC(=O)CNC(=O)CCC(=O)NCCc1cnc[nH]1)C(N)=O. The Kier molecular flexibility index (Phi) is 21.3. The summed E-state index contributed by atoms with van der Waals surface area (Å²) in [5.41, 5.74) is 6.27. The first-order valence-corrected chi connectivity index (χ1v) is 16.9. The maximum atomic E-state index is 13.3. The number of hydrogen-bond acceptors (Lipinski definition) is 13. The predicted octanol–water partition coefficient (Wildman–Crippen LogP) is -4.96. The van der Waals surface area contributed by atoms with Crippen LogP contribution in [0.3, 0.4) is 0 Å². The van der Waals surface area contributed by atoms with E-state index in [1.54, 1.807) is 6.20 Å². The lowest BCUT2D eigenvalue weighted by molar-refractivity contribution is -0.149. The zero-order chi connectivity index (χ0) is 41.5. The van der Waals surface area contributed by atoms with Crippen molar-refractivity contribution in [2.45, 2.75) is 63.6 Å². The Hall–Kier alpha value is -6.17. The van der Waals surface area contributed by atoms with E-state index in [0.29, 0.717) is 24.3 Å². The van der Waals surface area contributed by atoms with Crippen LogP contribution in [-0.2, 0) is 54.4 Å². The molecule has 1 aromatic rings. The van der Waals surface area contributed by atoms with E-state index in [2.05, 4.69) is 36.6 Å². The van der Waals surface area contributed by atoms with Crippen LogP contribution in [0.4, 0.5) is 0 Å². The van der Waals surface area contributed by atoms with Gasteiger partial charge in [0.1, 0.15) is 18.1 Å². The molecule has 6 amide bonds. The molecule has 0 aromatic carbocycles. The van der Waals surface area contributed by atoms with Gasteiger partial charge in [0, 0.05) is 50.8 Å². The number of H-pyrrole nitrogens is 1. The van der Waals surface area contributed by atoms with Crippen molar-refractivity contribution in [1.82, 2.24) is 46.4 Å². The highest BCUT2D eigenvalue weighted by molar-refractivity contribution is 5.93. The number of carbonyl (C=O) groups excluding carboxylic acids is 6. The molecule has 1 rings (SSSR count). The van der Waals surface area contributed by atoms with E-state index in [1.807, 2.05) is 0 Å². The fourth-order valence-corrected chi connectivity index (χ4v) is 4.86. The van der Waals surface area contributed by atoms with Gasteiger partial charge in [0.2, 0.25) is 35.4 Å². The van der Waals surface area contributed by atoms with Gasteiger partial charge in [-0.1, -0.05) is 0 Å². The van der Waals surface area contributed by atoms with E-state index in [-0.39, 0.29) is 44.7 Å². The van der Waals surface area contributed by atoms with E-state index >= 15 is 0 Å². The molecule has 3 atom stereocenters. The fourth-order valence-electron chi connectivity index (χ4n) is 4.86. The monoisotopic (exact) mass is 784 g/mol. The average Bonchev–Trinajstić information content (AvgIpc) is 3.60. The van der Waals surface area contributed by atoms with Crippen molar-refractivity contribution in [1.29, 1.82) is 0 Å². The number of nitrogens with two attached hydrogens (primary N) is 1. The molecular weight excluding hydrogens is 736 g/mol. The number of nitrogens with one attached hydrogen (secondary N) is 6. The molecule has 0 bridgehead atoms. The molecule has 0 radical (unpaired) electrons. The highest BCUT2D eigenvalue weighted by Crippen LogP contribution is 2.07. The lowest BCUT2D eigenvalue weighted by atomic mass is 10.1. The third kappa shape index (κ3) is 21.2. The smallest absolute Gasteiger partial charge is 0.317 e. The van der Waals surface area contributed by atoms with E-state index < -0.39 is 104 Å². The van der Waals surface area contributed by atoms with Crippen molar-refractivity contribution < 1.29 is 68.4 Å². The molecule has 0 spiro atoms. The van der Waals surface area contributed by atoms with Crippen LogP contribution in [0.25, 0.3) is 0 Å². The van der Waals surface area contributed by atoms with Gasteiger partial charge < -0.3 is 57.7 Å². The lowest BCUT2D eigenvalue weighted by Gasteiger charge is -2.32. The first-order valence-electron chi connectivity index (χ1n) is 16.9. The zero-order valence-corrected chi connectivity index (χ0v) is 30.1. The Morgan fingerprint density at radius 3 is 1.84 bits per heavy atom. The minimum Gasteiger partial charge on any atom is -0.480 e. The highest BCUT2D eigenvalue weighted by atomic mass is 16.4. The minimum atomic E-state index is -1.76. The maximum Gasteiger partial charge on any atom is 0.317 e. The van der Waals surface area contributed by atoms with E-state index in [9.17, 15) is 68.4 Å². The van der Waals surface area contributed by atoms with Gasteiger partial charge in [-0.15, -0.1) is 0 Å². The van der Waals surface area contributed by atoms with Crippen molar-refractivity contribution in [3.05, 3.63) is 18.2 Å². The fraction of sp³-hybridized carbons (Fsp3) is 0.581. The Balaban J connectivity index is 2.61. The second-order valence-electron chi connectivity index (χ2n) is 12.2. The molecule has 1 heterocycles. The number of hydrogen-bond donors (Lipinski definition) is 11. The number of aromatic nitrogens is 2. The molecule has 0 aliphatic carbocycles. The second kappa shape index (κ2) is 25.0. The number of carbonyl (C=O) groups is 10. The lowest BCUT2D eigenvalue weighted by Crippen LogP contribution is -2.59. The maximum absolute atomic E-state index is 13.3. The largest absolute Gasteiger partial charge is 0.480 e. The van der Waals surface area contributed by atoms with Crippen LogP contribution in [0, 0.1) is 0 Å². The van der Waals surface area contributed by atoms with Crippen molar-refractivity contribution in [2.24, 2.45) is 5.73 Å². The van der Waals surface area contributed by atoms with E-state index in [4.69, 9.17) is 5.73 Å². The number of unbranched alkanes of at least 4 members (excludes halogenated alkanes) is 1. The Morgan fingerprint density at radius 1 is 0.745 bits per heavy atom. The Morgan fingerprint density at radius 2 is 1.31 bits per heavy atom. The van der Waals surface area contributed by atoms with Crippen LogP contribution >= 0.6 is 0 Å². The summed E-state index contributed by atoms with van der Waals surface area (Å²) >= 11 is 0. The van der Waals surface area contributed by atoms with Gasteiger partial charge in [0.15, 0.2) is 0 Å². The van der Waals surface area contributed by atoms with Crippen LogP contribution < -0.4 is 32.3 Å². The molecule has 0 aliphatic rings. The van der Waals surface area contributed by atoms with Crippen molar-refractivity contribution in [3.63, 3.8) is 0 Å². The van der Waals surface area contributed by atoms with Gasteiger partial charge in [0.25, 0.3) is 0 Å². The molecule has 24 heteroatoms. The molecule has 24 nitrogen and oxygen atoms in total. The normalized spacial score (nSPS) is 12.5. The van der Waals surface area contributed by atoms with Gasteiger partial charge >= 0.3 is 23.9 Å². The third-order valence-corrected chi connectivity index (χ3v) is 7.52. The summed E-state index contributed by atoms with van der Waals surface area (Å²) in [4.78, 5) is 128. The molecule has 0 fully saturated rings. The van der Waals surface area contributed by atoms with Crippen LogP contribution in [0.5, 0.6) is 0 Å². The van der Waals surface area contributed by atoms with Gasteiger partial charge in [-0.3, -0.25) is 57.7 Å². The number of imidazole rings is 1. The second-order valence-corrected chi connectivity index (χ2v) is 12.2. The topological polar surface area (TPSA) is 373 Å². The predicted molar refractivity (Wildman–Crippen MR) is 185 cm³/mol. The summed E-state index contributed by atoms with van der Waals surface area (Å²) in [5, 5.41) is 49.2. The molecule has 1 aromatic heterocycles. The summed E-state index contributed by atoms with van der Waals surface area (Å²) in [5.74, 6) is -10.5. The number of rotatable bonds is 29. The average molecular weight is 785 g/mol. The summed E-state index contributed by atoms with van der Waals surface area (Å²) in [6.45, 7) is -3.27. The molecule has 0 saturated carbocycles. The Labute approximate surface area is 313 Å². The van der Waals surface area contributed by atoms with Gasteiger partial charge in [-0.25, -0.2) is 4.98 Å². The first kappa shape index (κ1) is 46.9. The molecular formula is C31H48N10O14. The number of primary amides is 1. The third-order valence-electron chi connectivity index (χ3n) is 7.52. The van der Waals surface area contributed by atoms with Crippen molar-refractivity contribution in [3.8, 4) is 0 Å². The van der Waals surface area contributed by atoms with E-state index in [0.717, 1.165) is 10.6 Å². The Bertz CT molecular complexity index is 1470. The molecule has 306 valence electrons. The van der Waals surface area contributed by atoms with Crippen LogP contribution in [0.1, 0.15) is 44.7 Å². The number of amides is 6. The molecule has 55 heavy (non-hydrogen) atoms. The molecule has 0 saturated heterocycles. The number of carboxylic acids is 4. The van der Waals surface area contributed by atoms with Gasteiger partial charge in [0.05, 0.1) is 39.1 Å². The molecule has 12 N–H and O–H groups in total. The minimum absolute atomic E-state index is 0.00522. The highest BCUT2D eigenvalue weighted by Gasteiger charge is 2.34. The number of aliphatic carboxylic acids is 4. The summed E-state index contributed by atoms with van der Waals surface area (Å²) < 4.78 is 0. The first-order chi connectivity index (χ1) is 25.9. The standard InChI is InChI=1S/C31H48N10O14/c1-18(38-31(55)21(41(15-27(49)50)16-28(51)52)12-40(13-25(45)46)14-26(47)48)30(54)39-20(29(32)53)4-2-3-8-34-24(44)11-36-23(43)6-5-22(42)35-9-7-19-10-33-17-37-19/h10,17-18,20-21H,2-9,11-16H2,1H3,(H2,32,53)(H,33,37)(H,34,44)(H,35,42)(H,36,43)(H,38,55)(H,39,54)(H,45,46)(H,47,48)(H,49,50)(H,51,52). The number of nitrogens with zero attached hydrogens (tertiary/aromatic N) is 3. The zero-order valence-electron chi connectivity index (χ0n) is 30.1. The molecule has 3 unspecified atom stereocenters. The molecule has 0 aliphatic heterocycles. The summed E-state index contributed by atoms with van der Waals surface area (Å²) in [7, 11) is 0. The number of carboxylic acid groups (broad SMARTS) is 4. The van der Waals surface area contributed by atoms with Crippen LogP contribution in [0.2, 0.25) is 0 Å². The van der Waals surface area contributed by atoms with E-state index in [1.165, 1.54) is 13.3 Å². The van der Waals surface area contributed by atoms with Crippen molar-refractivity contribution >= 4 is 59.3 Å². The van der Waals surface area contributed by atoms with Crippen LogP contribution in [-0.4, -0.2) is 170 Å². The summed E-state index contributed by atoms with van der Waals surface area (Å²) in [6.07, 6.45) is 4.09. The van der Waals surface area contributed by atoms with Gasteiger partial charge in [-0.05, 0) is 26.2 Å². The summed E-state index contributed by atoms with van der Waals surface area (Å²) in [6, 6.07) is -4.43. The van der Waals surface area contributed by atoms with Crippen LogP contribution in [0.15, 0.2) is 12.5 Å². The number of aromatic amines is 1. The van der Waals surface area contributed by atoms with Crippen molar-refractivity contribution in [2.75, 3.05) is 52.4 Å².